The molecule has 0 aliphatic heterocycles. The van der Waals surface area contributed by atoms with Gasteiger partial charge in [0.2, 0.25) is 0 Å². The van der Waals surface area contributed by atoms with E-state index in [2.05, 4.69) is 0 Å². The molecular formula is C10H7ClF6. The fraction of sp³-hybridized carbons (Fsp3) is 0.400. The first-order valence-electron chi connectivity index (χ1n) is 4.42. The van der Waals surface area contributed by atoms with Crippen LogP contribution in [0.5, 0.6) is 0 Å². The molecular weight excluding hydrogens is 270 g/mol. The molecule has 0 aromatic heterocycles. The van der Waals surface area contributed by atoms with Crippen LogP contribution in [-0.2, 0) is 18.2 Å². The fourth-order valence-electron chi connectivity index (χ4n) is 1.48. The van der Waals surface area contributed by atoms with Gasteiger partial charge < -0.3 is 0 Å². The average molecular weight is 277 g/mol. The summed E-state index contributed by atoms with van der Waals surface area (Å²) < 4.78 is 75.4. The van der Waals surface area contributed by atoms with Crippen molar-refractivity contribution < 1.29 is 26.3 Å². The van der Waals surface area contributed by atoms with E-state index in [1.165, 1.54) is 6.92 Å². The normalized spacial score (nSPS) is 12.9. The minimum absolute atomic E-state index is 0.0836. The largest absolute Gasteiger partial charge is 0.417 e. The van der Waals surface area contributed by atoms with Crippen LogP contribution in [-0.4, -0.2) is 0 Å². The van der Waals surface area contributed by atoms with E-state index in [1.54, 1.807) is 0 Å². The number of hydrogen-bond donors (Lipinski definition) is 0. The summed E-state index contributed by atoms with van der Waals surface area (Å²) in [5, 5.41) is 0. The Morgan fingerprint density at radius 3 is 1.88 bits per heavy atom. The predicted molar refractivity (Wildman–Crippen MR) is 50.7 cm³/mol. The smallest absolute Gasteiger partial charge is 0.166 e. The van der Waals surface area contributed by atoms with Gasteiger partial charge in [-0.1, -0.05) is 6.07 Å². The summed E-state index contributed by atoms with van der Waals surface area (Å²) in [6.07, 6.45) is -10.1. The quantitative estimate of drug-likeness (QED) is 0.512. The van der Waals surface area contributed by atoms with Crippen molar-refractivity contribution in [1.82, 2.24) is 0 Å². The highest BCUT2D eigenvalue weighted by atomic mass is 35.5. The summed E-state index contributed by atoms with van der Waals surface area (Å²) in [7, 11) is 0. The molecule has 0 aliphatic carbocycles. The number of benzene rings is 1. The Hall–Kier alpha value is -0.910. The molecule has 1 rings (SSSR count). The van der Waals surface area contributed by atoms with E-state index >= 15 is 0 Å². The van der Waals surface area contributed by atoms with Crippen LogP contribution < -0.4 is 0 Å². The van der Waals surface area contributed by atoms with Crippen molar-refractivity contribution >= 4 is 11.6 Å². The molecule has 0 N–H and O–H groups in total. The molecule has 7 heteroatoms. The highest BCUT2D eigenvalue weighted by Crippen LogP contribution is 2.43. The van der Waals surface area contributed by atoms with E-state index in [4.69, 9.17) is 11.6 Å². The summed E-state index contributed by atoms with van der Waals surface area (Å²) in [5.74, 6) is -0.620. The molecule has 0 aliphatic rings. The van der Waals surface area contributed by atoms with Gasteiger partial charge in [-0.05, 0) is 24.1 Å². The van der Waals surface area contributed by atoms with Crippen LogP contribution in [0.4, 0.5) is 26.3 Å². The Morgan fingerprint density at radius 2 is 1.53 bits per heavy atom. The summed E-state index contributed by atoms with van der Waals surface area (Å²) in [5.41, 5.74) is -3.85. The lowest BCUT2D eigenvalue weighted by Gasteiger charge is -2.19. The van der Waals surface area contributed by atoms with Gasteiger partial charge in [0.25, 0.3) is 0 Å². The minimum atomic E-state index is -5.08. The van der Waals surface area contributed by atoms with Crippen molar-refractivity contribution in [2.75, 3.05) is 0 Å². The summed E-state index contributed by atoms with van der Waals surface area (Å²) in [6, 6.07) is 1.41. The standard InChI is InChI=1S/C10H7ClF6/c1-5-2-3-7(9(12,13)14)8(6(5)4-11)10(15,16)17/h2-3H,4H2,1H3. The molecule has 0 bridgehead atoms. The highest BCUT2D eigenvalue weighted by Gasteiger charge is 2.44. The molecule has 1 aromatic carbocycles. The lowest BCUT2D eigenvalue weighted by Crippen LogP contribution is -2.19. The van der Waals surface area contributed by atoms with Crippen molar-refractivity contribution in [1.29, 1.82) is 0 Å². The predicted octanol–water partition coefficient (Wildman–Crippen LogP) is 4.77. The molecule has 0 nitrogen and oxygen atoms in total. The van der Waals surface area contributed by atoms with Gasteiger partial charge in [-0.25, -0.2) is 0 Å². The molecule has 96 valence electrons. The zero-order valence-corrected chi connectivity index (χ0v) is 9.26. The van der Waals surface area contributed by atoms with Crippen LogP contribution in [0.1, 0.15) is 22.3 Å². The first-order valence-corrected chi connectivity index (χ1v) is 4.95. The van der Waals surface area contributed by atoms with E-state index in [1.807, 2.05) is 0 Å². The zero-order chi connectivity index (χ0) is 13.4. The zero-order valence-electron chi connectivity index (χ0n) is 8.51. The van der Waals surface area contributed by atoms with E-state index in [-0.39, 0.29) is 5.56 Å². The first-order chi connectivity index (χ1) is 7.59. The molecule has 0 atom stereocenters. The monoisotopic (exact) mass is 276 g/mol. The van der Waals surface area contributed by atoms with Gasteiger partial charge in [0.1, 0.15) is 0 Å². The Labute approximate surface area is 98.2 Å². The van der Waals surface area contributed by atoms with Gasteiger partial charge >= 0.3 is 12.4 Å². The van der Waals surface area contributed by atoms with Gasteiger partial charge in [-0.2, -0.15) is 26.3 Å². The van der Waals surface area contributed by atoms with Crippen LogP contribution in [0.15, 0.2) is 12.1 Å². The van der Waals surface area contributed by atoms with E-state index in [9.17, 15) is 26.3 Å². The van der Waals surface area contributed by atoms with Crippen molar-refractivity contribution in [3.8, 4) is 0 Å². The van der Waals surface area contributed by atoms with Crippen LogP contribution >= 0.6 is 11.6 Å². The number of halogens is 7. The fourth-order valence-corrected chi connectivity index (χ4v) is 1.83. The molecule has 17 heavy (non-hydrogen) atoms. The molecule has 1 aromatic rings. The maximum absolute atomic E-state index is 12.6. The van der Waals surface area contributed by atoms with E-state index < -0.39 is 34.9 Å². The van der Waals surface area contributed by atoms with Crippen molar-refractivity contribution in [2.45, 2.75) is 25.2 Å². The molecule has 0 unspecified atom stereocenters. The molecule has 0 amide bonds. The van der Waals surface area contributed by atoms with Gasteiger partial charge in [0.05, 0.1) is 11.1 Å². The molecule has 0 radical (unpaired) electrons. The Balaban J connectivity index is 3.64. The maximum Gasteiger partial charge on any atom is 0.417 e. The van der Waals surface area contributed by atoms with Crippen molar-refractivity contribution in [2.24, 2.45) is 0 Å². The van der Waals surface area contributed by atoms with E-state index in [0.29, 0.717) is 6.07 Å². The van der Waals surface area contributed by atoms with Crippen molar-refractivity contribution in [3.63, 3.8) is 0 Å². The highest BCUT2D eigenvalue weighted by molar-refractivity contribution is 6.17. The Kier molecular flexibility index (Phi) is 3.66. The topological polar surface area (TPSA) is 0 Å². The van der Waals surface area contributed by atoms with Crippen molar-refractivity contribution in [3.05, 3.63) is 34.4 Å². The SMILES string of the molecule is Cc1ccc(C(F)(F)F)c(C(F)(F)F)c1CCl. The molecule has 0 spiro atoms. The molecule has 0 fully saturated rings. The number of hydrogen-bond acceptors (Lipinski definition) is 0. The Bertz CT molecular complexity index is 418. The molecule has 0 heterocycles. The average Bonchev–Trinajstić information content (AvgIpc) is 2.13. The van der Waals surface area contributed by atoms with Gasteiger partial charge in [0.15, 0.2) is 0 Å². The van der Waals surface area contributed by atoms with Gasteiger partial charge in [-0.15, -0.1) is 11.6 Å². The number of rotatable bonds is 1. The van der Waals surface area contributed by atoms with Gasteiger partial charge in [-0.3, -0.25) is 0 Å². The molecule has 0 saturated carbocycles. The second kappa shape index (κ2) is 4.40. The summed E-state index contributed by atoms with van der Waals surface area (Å²) in [4.78, 5) is 0. The lowest BCUT2D eigenvalue weighted by molar-refractivity contribution is -0.162. The van der Waals surface area contributed by atoms with Crippen LogP contribution in [0.25, 0.3) is 0 Å². The first kappa shape index (κ1) is 14.2. The third kappa shape index (κ3) is 2.86. The second-order valence-corrected chi connectivity index (χ2v) is 3.68. The third-order valence-electron chi connectivity index (χ3n) is 2.27. The maximum atomic E-state index is 12.6. The van der Waals surface area contributed by atoms with Gasteiger partial charge in [0, 0.05) is 5.88 Å². The van der Waals surface area contributed by atoms with Crippen LogP contribution in [0.3, 0.4) is 0 Å². The molecule has 0 saturated heterocycles. The lowest BCUT2D eigenvalue weighted by atomic mass is 9.96. The van der Waals surface area contributed by atoms with E-state index in [0.717, 1.165) is 6.07 Å². The summed E-state index contributed by atoms with van der Waals surface area (Å²) in [6.45, 7) is 1.28. The summed E-state index contributed by atoms with van der Waals surface area (Å²) >= 11 is 5.30. The van der Waals surface area contributed by atoms with Crippen LogP contribution in [0.2, 0.25) is 0 Å². The minimum Gasteiger partial charge on any atom is -0.166 e. The third-order valence-corrected chi connectivity index (χ3v) is 2.54. The second-order valence-electron chi connectivity index (χ2n) is 3.41. The Morgan fingerprint density at radius 1 is 1.00 bits per heavy atom. The number of aryl methyl sites for hydroxylation is 1. The number of alkyl halides is 7. The van der Waals surface area contributed by atoms with Crippen LogP contribution in [0, 0.1) is 6.92 Å².